The van der Waals surface area contributed by atoms with Crippen molar-refractivity contribution < 1.29 is 4.79 Å². The second-order valence-corrected chi connectivity index (χ2v) is 5.70. The van der Waals surface area contributed by atoms with Crippen molar-refractivity contribution in [3.05, 3.63) is 23.9 Å². The maximum atomic E-state index is 12.6. The van der Waals surface area contributed by atoms with Crippen molar-refractivity contribution in [1.82, 2.24) is 9.88 Å². The number of hydrogen-bond donors (Lipinski definition) is 1. The maximum absolute atomic E-state index is 12.6. The molecule has 1 N–H and O–H groups in total. The summed E-state index contributed by atoms with van der Waals surface area (Å²) in [5.74, 6) is 1.39. The van der Waals surface area contributed by atoms with Crippen LogP contribution in [-0.2, 0) is 0 Å². The summed E-state index contributed by atoms with van der Waals surface area (Å²) in [6, 6.07) is 3.95. The zero-order valence-corrected chi connectivity index (χ0v) is 12.0. The number of aromatic nitrogens is 1. The Morgan fingerprint density at radius 2 is 2.32 bits per heavy atom. The van der Waals surface area contributed by atoms with Crippen LogP contribution in [0.5, 0.6) is 0 Å². The van der Waals surface area contributed by atoms with E-state index >= 15 is 0 Å². The quantitative estimate of drug-likeness (QED) is 0.910. The number of carbonyl (C=O) groups excluding carboxylic acids is 1. The summed E-state index contributed by atoms with van der Waals surface area (Å²) in [5.41, 5.74) is 0.685. The first-order valence-corrected chi connectivity index (χ1v) is 7.08. The fourth-order valence-corrected chi connectivity index (χ4v) is 2.51. The standard InChI is InChI=1S/C15H23N3O/c1-11(2)17-14-13(7-4-8-16-14)15(19)18-9-5-6-12(3)10-18/h4,7-8,11-12H,5-6,9-10H2,1-3H3,(H,16,17). The van der Waals surface area contributed by atoms with Crippen LogP contribution in [0.3, 0.4) is 0 Å². The number of hydrogen-bond acceptors (Lipinski definition) is 3. The Bertz CT molecular complexity index is 445. The molecule has 0 spiro atoms. The maximum Gasteiger partial charge on any atom is 0.257 e. The van der Waals surface area contributed by atoms with Gasteiger partial charge >= 0.3 is 0 Å². The van der Waals surface area contributed by atoms with E-state index in [1.165, 1.54) is 6.42 Å². The first kappa shape index (κ1) is 13.8. The summed E-state index contributed by atoms with van der Waals surface area (Å²) in [6.07, 6.45) is 4.04. The topological polar surface area (TPSA) is 45.2 Å². The third-order valence-corrected chi connectivity index (χ3v) is 3.41. The Kier molecular flexibility index (Phi) is 4.40. The Labute approximate surface area is 115 Å². The first-order chi connectivity index (χ1) is 9.08. The molecule has 1 atom stereocenters. The highest BCUT2D eigenvalue weighted by Crippen LogP contribution is 2.21. The number of rotatable bonds is 3. The van der Waals surface area contributed by atoms with Crippen molar-refractivity contribution in [3.63, 3.8) is 0 Å². The van der Waals surface area contributed by atoms with Gasteiger partial charge in [0.2, 0.25) is 0 Å². The molecular weight excluding hydrogens is 238 g/mol. The fraction of sp³-hybridized carbons (Fsp3) is 0.600. The largest absolute Gasteiger partial charge is 0.367 e. The Morgan fingerprint density at radius 3 is 3.00 bits per heavy atom. The second-order valence-electron chi connectivity index (χ2n) is 5.70. The average molecular weight is 261 g/mol. The van der Waals surface area contributed by atoms with E-state index in [-0.39, 0.29) is 11.9 Å². The third-order valence-electron chi connectivity index (χ3n) is 3.41. The molecule has 4 heteroatoms. The molecule has 0 bridgehead atoms. The van der Waals surface area contributed by atoms with Gasteiger partial charge in [-0.25, -0.2) is 4.98 Å². The van der Waals surface area contributed by atoms with Gasteiger partial charge in [-0.05, 0) is 44.7 Å². The molecule has 1 aromatic rings. The molecule has 0 aliphatic carbocycles. The third kappa shape index (κ3) is 3.46. The van der Waals surface area contributed by atoms with E-state index in [4.69, 9.17) is 0 Å². The molecule has 0 saturated carbocycles. The van der Waals surface area contributed by atoms with Gasteiger partial charge in [0.15, 0.2) is 0 Å². The number of carbonyl (C=O) groups is 1. The molecule has 1 aliphatic rings. The van der Waals surface area contributed by atoms with Crippen LogP contribution in [0.4, 0.5) is 5.82 Å². The minimum atomic E-state index is 0.0998. The molecule has 19 heavy (non-hydrogen) atoms. The van der Waals surface area contributed by atoms with Crippen LogP contribution in [0.1, 0.15) is 44.0 Å². The van der Waals surface area contributed by atoms with Gasteiger partial charge in [0, 0.05) is 25.3 Å². The van der Waals surface area contributed by atoms with Gasteiger partial charge in [-0.15, -0.1) is 0 Å². The van der Waals surface area contributed by atoms with Gasteiger partial charge in [0.05, 0.1) is 5.56 Å². The van der Waals surface area contributed by atoms with Crippen molar-refractivity contribution in [2.24, 2.45) is 5.92 Å². The minimum Gasteiger partial charge on any atom is -0.367 e. The van der Waals surface area contributed by atoms with E-state index in [0.717, 1.165) is 19.5 Å². The summed E-state index contributed by atoms with van der Waals surface area (Å²) in [6.45, 7) is 8.02. The van der Waals surface area contributed by atoms with Gasteiger partial charge in [0.1, 0.15) is 5.82 Å². The molecule has 1 amide bonds. The zero-order chi connectivity index (χ0) is 13.8. The number of nitrogens with one attached hydrogen (secondary N) is 1. The normalized spacial score (nSPS) is 19.6. The lowest BCUT2D eigenvalue weighted by Crippen LogP contribution is -2.39. The molecule has 0 aromatic carbocycles. The number of piperidine rings is 1. The molecule has 1 fully saturated rings. The lowest BCUT2D eigenvalue weighted by atomic mass is 9.99. The molecule has 1 unspecified atom stereocenters. The molecule has 4 nitrogen and oxygen atoms in total. The van der Waals surface area contributed by atoms with E-state index in [1.54, 1.807) is 6.20 Å². The van der Waals surface area contributed by atoms with E-state index in [0.29, 0.717) is 17.3 Å². The van der Waals surface area contributed by atoms with Crippen molar-refractivity contribution in [1.29, 1.82) is 0 Å². The average Bonchev–Trinajstić information content (AvgIpc) is 2.38. The van der Waals surface area contributed by atoms with Crippen LogP contribution in [0.2, 0.25) is 0 Å². The van der Waals surface area contributed by atoms with Crippen LogP contribution in [0.15, 0.2) is 18.3 Å². The van der Waals surface area contributed by atoms with E-state index in [1.807, 2.05) is 30.9 Å². The van der Waals surface area contributed by atoms with E-state index < -0.39 is 0 Å². The van der Waals surface area contributed by atoms with Crippen molar-refractivity contribution in [3.8, 4) is 0 Å². The molecule has 1 aromatic heterocycles. The van der Waals surface area contributed by atoms with Crippen molar-refractivity contribution in [2.45, 2.75) is 39.7 Å². The lowest BCUT2D eigenvalue weighted by molar-refractivity contribution is 0.0683. The fourth-order valence-electron chi connectivity index (χ4n) is 2.51. The number of nitrogens with zero attached hydrogens (tertiary/aromatic N) is 2. The molecule has 2 rings (SSSR count). The van der Waals surface area contributed by atoms with Gasteiger partial charge in [0.25, 0.3) is 5.91 Å². The molecule has 0 radical (unpaired) electrons. The van der Waals surface area contributed by atoms with Gasteiger partial charge in [-0.2, -0.15) is 0 Å². The molecule has 2 heterocycles. The van der Waals surface area contributed by atoms with Crippen molar-refractivity contribution in [2.75, 3.05) is 18.4 Å². The van der Waals surface area contributed by atoms with Crippen LogP contribution in [0.25, 0.3) is 0 Å². The van der Waals surface area contributed by atoms with Crippen LogP contribution >= 0.6 is 0 Å². The van der Waals surface area contributed by atoms with Crippen LogP contribution in [0, 0.1) is 5.92 Å². The Hall–Kier alpha value is -1.58. The predicted octanol–water partition coefficient (Wildman–Crippen LogP) is 2.77. The minimum absolute atomic E-state index is 0.0998. The molecule has 1 aliphatic heterocycles. The molecule has 1 saturated heterocycles. The summed E-state index contributed by atoms with van der Waals surface area (Å²) < 4.78 is 0. The first-order valence-electron chi connectivity index (χ1n) is 7.08. The number of likely N-dealkylation sites (tertiary alicyclic amines) is 1. The van der Waals surface area contributed by atoms with Crippen molar-refractivity contribution >= 4 is 11.7 Å². The lowest BCUT2D eigenvalue weighted by Gasteiger charge is -2.31. The van der Waals surface area contributed by atoms with Crippen LogP contribution in [-0.4, -0.2) is 34.9 Å². The molecular formula is C15H23N3O. The van der Waals surface area contributed by atoms with E-state index in [9.17, 15) is 4.79 Å². The summed E-state index contributed by atoms with van der Waals surface area (Å²) in [7, 11) is 0. The van der Waals surface area contributed by atoms with Gasteiger partial charge < -0.3 is 10.2 Å². The van der Waals surface area contributed by atoms with Gasteiger partial charge in [-0.3, -0.25) is 4.79 Å². The highest BCUT2D eigenvalue weighted by molar-refractivity contribution is 5.98. The Morgan fingerprint density at radius 1 is 1.53 bits per heavy atom. The summed E-state index contributed by atoms with van der Waals surface area (Å²) >= 11 is 0. The zero-order valence-electron chi connectivity index (χ0n) is 12.0. The predicted molar refractivity (Wildman–Crippen MR) is 77.3 cm³/mol. The summed E-state index contributed by atoms with van der Waals surface area (Å²) in [4.78, 5) is 18.8. The number of anilines is 1. The second kappa shape index (κ2) is 6.04. The van der Waals surface area contributed by atoms with E-state index in [2.05, 4.69) is 17.2 Å². The number of pyridine rings is 1. The summed E-state index contributed by atoms with van der Waals surface area (Å²) in [5, 5.41) is 3.25. The SMILES string of the molecule is CC1CCCN(C(=O)c2cccnc2NC(C)C)C1. The Balaban J connectivity index is 2.18. The molecule has 104 valence electrons. The highest BCUT2D eigenvalue weighted by Gasteiger charge is 2.24. The smallest absolute Gasteiger partial charge is 0.257 e. The van der Waals surface area contributed by atoms with Gasteiger partial charge in [-0.1, -0.05) is 6.92 Å². The highest BCUT2D eigenvalue weighted by atomic mass is 16.2. The monoisotopic (exact) mass is 261 g/mol. The van der Waals surface area contributed by atoms with Crippen LogP contribution < -0.4 is 5.32 Å². The number of amides is 1.